The molecule has 1 rings (SSSR count). The van der Waals surface area contributed by atoms with Crippen LogP contribution in [0.2, 0.25) is 0 Å². The first-order valence-corrected chi connectivity index (χ1v) is 6.35. The third-order valence-electron chi connectivity index (χ3n) is 3.44. The van der Waals surface area contributed by atoms with Crippen LogP contribution in [0.5, 0.6) is 0 Å². The Morgan fingerprint density at radius 1 is 1.20 bits per heavy atom. The summed E-state index contributed by atoms with van der Waals surface area (Å²) in [4.78, 5) is 2.52. The maximum Gasteiger partial charge on any atom is 0.0622 e. The second-order valence-electron chi connectivity index (χ2n) is 4.97. The zero-order chi connectivity index (χ0) is 11.1. The zero-order valence-corrected chi connectivity index (χ0v) is 10.3. The molecule has 1 aliphatic heterocycles. The molecule has 0 amide bonds. The molecule has 1 saturated heterocycles. The first-order chi connectivity index (χ1) is 7.26. The summed E-state index contributed by atoms with van der Waals surface area (Å²) in [6.07, 6.45) is 7.15. The summed E-state index contributed by atoms with van der Waals surface area (Å²) in [7, 11) is 0. The van der Waals surface area contributed by atoms with Crippen molar-refractivity contribution >= 4 is 0 Å². The lowest BCUT2D eigenvalue weighted by Gasteiger charge is -2.51. The van der Waals surface area contributed by atoms with Crippen molar-refractivity contribution in [1.82, 2.24) is 4.90 Å². The molecule has 0 spiro atoms. The number of unbranched alkanes of at least 4 members (excludes halogenated alkanes) is 1. The molecule has 0 N–H and O–H groups in total. The van der Waals surface area contributed by atoms with Gasteiger partial charge in [-0.25, -0.2) is 0 Å². The summed E-state index contributed by atoms with van der Waals surface area (Å²) in [5.41, 5.74) is 0.635. The molecule has 86 valence electrons. The average molecular weight is 208 g/mol. The number of nitrogens with zero attached hydrogens (tertiary/aromatic N) is 2. The average Bonchev–Trinajstić information content (AvgIpc) is 2.16. The highest BCUT2D eigenvalue weighted by atomic mass is 15.2. The van der Waals surface area contributed by atoms with Gasteiger partial charge in [-0.05, 0) is 31.2 Å². The van der Waals surface area contributed by atoms with Crippen LogP contribution in [-0.2, 0) is 0 Å². The lowest BCUT2D eigenvalue weighted by atomic mass is 9.72. The lowest BCUT2D eigenvalue weighted by Crippen LogP contribution is -2.56. The fourth-order valence-corrected chi connectivity index (χ4v) is 2.94. The van der Waals surface area contributed by atoms with Gasteiger partial charge in [0.2, 0.25) is 0 Å². The largest absolute Gasteiger partial charge is 0.302 e. The van der Waals surface area contributed by atoms with Crippen molar-refractivity contribution in [3.8, 4) is 6.07 Å². The van der Waals surface area contributed by atoms with Gasteiger partial charge in [-0.2, -0.15) is 5.26 Å². The van der Waals surface area contributed by atoms with E-state index in [0.29, 0.717) is 11.8 Å². The van der Waals surface area contributed by atoms with Crippen molar-refractivity contribution in [1.29, 1.82) is 5.26 Å². The Morgan fingerprint density at radius 3 is 2.27 bits per heavy atom. The number of nitriles is 1. The van der Waals surface area contributed by atoms with Crippen LogP contribution in [0.25, 0.3) is 0 Å². The van der Waals surface area contributed by atoms with Crippen LogP contribution < -0.4 is 0 Å². The normalized spacial score (nSPS) is 19.5. The molecule has 15 heavy (non-hydrogen) atoms. The van der Waals surface area contributed by atoms with E-state index < -0.39 is 0 Å². The Labute approximate surface area is 94.3 Å². The summed E-state index contributed by atoms with van der Waals surface area (Å²) >= 11 is 0. The van der Waals surface area contributed by atoms with Crippen LogP contribution in [-0.4, -0.2) is 24.5 Å². The van der Waals surface area contributed by atoms with E-state index in [2.05, 4.69) is 24.8 Å². The van der Waals surface area contributed by atoms with E-state index >= 15 is 0 Å². The van der Waals surface area contributed by atoms with Crippen LogP contribution in [0.15, 0.2) is 0 Å². The minimum Gasteiger partial charge on any atom is -0.302 e. The molecule has 0 aromatic rings. The van der Waals surface area contributed by atoms with Crippen LogP contribution in [0.4, 0.5) is 0 Å². The number of rotatable bonds is 7. The summed E-state index contributed by atoms with van der Waals surface area (Å²) in [5.74, 6) is 0. The molecule has 0 saturated carbocycles. The maximum atomic E-state index is 8.47. The Bertz CT molecular complexity index is 203. The third-order valence-corrected chi connectivity index (χ3v) is 3.44. The van der Waals surface area contributed by atoms with Gasteiger partial charge >= 0.3 is 0 Å². The molecule has 1 heterocycles. The van der Waals surface area contributed by atoms with Crippen molar-refractivity contribution in [2.75, 3.05) is 19.6 Å². The van der Waals surface area contributed by atoms with Crippen molar-refractivity contribution in [3.05, 3.63) is 0 Å². The Morgan fingerprint density at radius 2 is 1.80 bits per heavy atom. The van der Waals surface area contributed by atoms with Gasteiger partial charge in [0.05, 0.1) is 6.07 Å². The third kappa shape index (κ3) is 3.50. The van der Waals surface area contributed by atoms with Gasteiger partial charge in [0.15, 0.2) is 0 Å². The van der Waals surface area contributed by atoms with Crippen molar-refractivity contribution in [2.45, 2.75) is 52.4 Å². The summed E-state index contributed by atoms with van der Waals surface area (Å²) in [5, 5.41) is 8.47. The van der Waals surface area contributed by atoms with E-state index in [1.165, 1.54) is 38.8 Å². The molecule has 0 atom stereocenters. The molecular weight excluding hydrogens is 184 g/mol. The molecule has 2 heteroatoms. The molecule has 1 aliphatic rings. The van der Waals surface area contributed by atoms with Crippen molar-refractivity contribution < 1.29 is 0 Å². The maximum absolute atomic E-state index is 8.47. The lowest BCUT2D eigenvalue weighted by molar-refractivity contribution is -0.0146. The summed E-state index contributed by atoms with van der Waals surface area (Å²) in [6.45, 7) is 8.26. The quantitative estimate of drug-likeness (QED) is 0.601. The van der Waals surface area contributed by atoms with E-state index in [-0.39, 0.29) is 0 Å². The van der Waals surface area contributed by atoms with Crippen LogP contribution in [0, 0.1) is 16.7 Å². The van der Waals surface area contributed by atoms with E-state index in [0.717, 1.165) is 13.0 Å². The Balaban J connectivity index is 2.21. The first kappa shape index (κ1) is 12.5. The van der Waals surface area contributed by atoms with Gasteiger partial charge in [-0.1, -0.05) is 26.7 Å². The number of hydrogen-bond donors (Lipinski definition) is 0. The topological polar surface area (TPSA) is 27.0 Å². The van der Waals surface area contributed by atoms with E-state index in [1.54, 1.807) is 0 Å². The van der Waals surface area contributed by atoms with E-state index in [9.17, 15) is 0 Å². The smallest absolute Gasteiger partial charge is 0.0622 e. The molecular formula is C13H24N2. The standard InChI is InChI=1S/C13H24N2/c1-3-7-13(8-4-2)11-15(12-13)10-6-5-9-14/h3-8,10-12H2,1-2H3. The van der Waals surface area contributed by atoms with Crippen molar-refractivity contribution in [3.63, 3.8) is 0 Å². The van der Waals surface area contributed by atoms with Crippen LogP contribution in [0.3, 0.4) is 0 Å². The molecule has 0 aliphatic carbocycles. The Kier molecular flexibility index (Phi) is 5.11. The minimum absolute atomic E-state index is 0.635. The first-order valence-electron chi connectivity index (χ1n) is 6.35. The van der Waals surface area contributed by atoms with Gasteiger partial charge in [-0.15, -0.1) is 0 Å². The number of likely N-dealkylation sites (tertiary alicyclic amines) is 1. The zero-order valence-electron chi connectivity index (χ0n) is 10.3. The van der Waals surface area contributed by atoms with Crippen LogP contribution in [0.1, 0.15) is 52.4 Å². The van der Waals surface area contributed by atoms with E-state index in [1.807, 2.05) is 0 Å². The molecule has 0 aromatic carbocycles. The number of hydrogen-bond acceptors (Lipinski definition) is 2. The molecule has 0 unspecified atom stereocenters. The van der Waals surface area contributed by atoms with E-state index in [4.69, 9.17) is 5.26 Å². The second-order valence-corrected chi connectivity index (χ2v) is 4.97. The summed E-state index contributed by atoms with van der Waals surface area (Å²) < 4.78 is 0. The predicted octanol–water partition coefficient (Wildman–Crippen LogP) is 3.19. The molecule has 0 bridgehead atoms. The van der Waals surface area contributed by atoms with Gasteiger partial charge in [0, 0.05) is 19.5 Å². The molecule has 1 fully saturated rings. The summed E-state index contributed by atoms with van der Waals surface area (Å²) in [6, 6.07) is 2.22. The Hall–Kier alpha value is -0.550. The van der Waals surface area contributed by atoms with Gasteiger partial charge in [0.25, 0.3) is 0 Å². The molecule has 2 nitrogen and oxygen atoms in total. The highest BCUT2D eigenvalue weighted by Crippen LogP contribution is 2.39. The predicted molar refractivity (Wildman–Crippen MR) is 63.5 cm³/mol. The van der Waals surface area contributed by atoms with Gasteiger partial charge < -0.3 is 4.90 Å². The second kappa shape index (κ2) is 6.12. The fraction of sp³-hybridized carbons (Fsp3) is 0.923. The van der Waals surface area contributed by atoms with Crippen LogP contribution >= 0.6 is 0 Å². The molecule has 0 aromatic heterocycles. The highest BCUT2D eigenvalue weighted by molar-refractivity contribution is 4.94. The fourth-order valence-electron chi connectivity index (χ4n) is 2.94. The van der Waals surface area contributed by atoms with Crippen molar-refractivity contribution in [2.24, 2.45) is 5.41 Å². The monoisotopic (exact) mass is 208 g/mol. The van der Waals surface area contributed by atoms with Gasteiger partial charge in [0.1, 0.15) is 0 Å². The highest BCUT2D eigenvalue weighted by Gasteiger charge is 2.40. The minimum atomic E-state index is 0.635. The molecule has 0 radical (unpaired) electrons. The SMILES string of the molecule is CCCC1(CCC)CN(CCCC#N)C1. The van der Waals surface area contributed by atoms with Gasteiger partial charge in [-0.3, -0.25) is 0 Å².